The molecule has 24 nitrogen and oxygen atoms in total. The molecule has 126 heavy (non-hydrogen) atoms. The van der Waals surface area contributed by atoms with E-state index < -0.39 is 0 Å². The summed E-state index contributed by atoms with van der Waals surface area (Å²) in [6.07, 6.45) is 22.2. The van der Waals surface area contributed by atoms with Crippen LogP contribution in [0.2, 0.25) is 0 Å². The second-order valence-corrected chi connectivity index (χ2v) is 37.8. The van der Waals surface area contributed by atoms with Gasteiger partial charge in [0.1, 0.15) is 63.6 Å². The standard InChI is InChI=1S/2C21H27N3O.C20H27N5O.C20H26N4O.C20H23N3O2/c1-14-9-10-16-18(12-14)22-20(17-7-3-4-8-19(17)25)23-21(16)24-11-5-6-15(2)13-24;1-14-9-11-24(12-10-14)21-16-8-7-15(2)13-18(16)22-20(23-21)17-5-3-4-6-19(17)25;1-14-6-7-15-17(12-14)22-19(16-4-2-3-5-18(16)26)23-20(15)25-10-8-24(13-21)9-11-25;1-14-7-8-15-17(13-14)21-19(16-5-3-4-6-18(16)25)22-20(15)24-11-9-23(2)10-12-24;1-13-6-7-15-17(12-13)21-19(16-4-2-3-5-18(16)25)22-20(15)23-10-8-14(24)9-11-23/h3-4,7-8,14-15,25H,5-6,9-13H2,1-2H3;3-6,14-15,25H,7-13H2,1-2H3;2-5,14,26H,6-13,21H2,1H3;3-6,14,25H,7-13H2,1-2H3;2-5,13,25H,6-12H2,1H3. The number of benzene rings is 5. The molecule has 5 aromatic heterocycles. The molecule has 24 heteroatoms. The highest BCUT2D eigenvalue weighted by atomic mass is 16.3. The summed E-state index contributed by atoms with van der Waals surface area (Å²) in [5.74, 6) is 14.8. The van der Waals surface area contributed by atoms with Crippen LogP contribution in [0.1, 0.15) is 175 Å². The second-order valence-electron chi connectivity index (χ2n) is 37.8. The van der Waals surface area contributed by atoms with Gasteiger partial charge in [-0.25, -0.2) is 49.8 Å². The van der Waals surface area contributed by atoms with Crippen molar-refractivity contribution in [3.05, 3.63) is 178 Å². The quantitative estimate of drug-likeness (QED) is 0.0701. The van der Waals surface area contributed by atoms with E-state index in [9.17, 15) is 30.3 Å². The normalized spacial score (nSPS) is 21.4. The highest BCUT2D eigenvalue weighted by Gasteiger charge is 2.35. The van der Waals surface area contributed by atoms with E-state index in [2.05, 4.69) is 89.8 Å². The maximum atomic E-state index is 11.6. The highest BCUT2D eigenvalue weighted by molar-refractivity contribution is 5.81. The number of Topliss-reactive ketones (excluding diaryl/α,β-unsaturated/α-hetero) is 1. The molecule has 20 rings (SSSR count). The van der Waals surface area contributed by atoms with E-state index in [0.29, 0.717) is 101 Å². The number of piperazine rings is 2. The van der Waals surface area contributed by atoms with Crippen molar-refractivity contribution in [3.63, 3.8) is 0 Å². The molecule has 5 aromatic carbocycles. The van der Waals surface area contributed by atoms with Gasteiger partial charge in [-0.3, -0.25) is 9.69 Å². The van der Waals surface area contributed by atoms with Gasteiger partial charge in [-0.05, 0) is 231 Å². The lowest BCUT2D eigenvalue weighted by molar-refractivity contribution is -0.119. The van der Waals surface area contributed by atoms with Crippen LogP contribution < -0.4 is 30.2 Å². The van der Waals surface area contributed by atoms with Gasteiger partial charge in [0.05, 0.1) is 56.3 Å². The van der Waals surface area contributed by atoms with E-state index in [1.54, 1.807) is 36.4 Å². The van der Waals surface area contributed by atoms with E-state index in [1.165, 1.54) is 96.3 Å². The van der Waals surface area contributed by atoms with Gasteiger partial charge in [-0.15, -0.1) is 0 Å². The van der Waals surface area contributed by atoms with Gasteiger partial charge in [0.25, 0.3) is 0 Å². The van der Waals surface area contributed by atoms with Crippen molar-refractivity contribution >= 4 is 34.9 Å². The Balaban J connectivity index is 0.000000116. The van der Waals surface area contributed by atoms with Gasteiger partial charge in [0.15, 0.2) is 29.1 Å². The topological polar surface area (TPSA) is 296 Å². The lowest BCUT2D eigenvalue weighted by Crippen LogP contribution is -2.49. The van der Waals surface area contributed by atoms with Crippen molar-refractivity contribution in [2.75, 3.05) is 130 Å². The minimum absolute atomic E-state index is 0.200. The van der Waals surface area contributed by atoms with Crippen molar-refractivity contribution in [1.82, 2.24) is 59.6 Å². The fourth-order valence-corrected chi connectivity index (χ4v) is 19.8. The number of nitrogens with zero attached hydrogens (tertiary/aromatic N) is 17. The summed E-state index contributed by atoms with van der Waals surface area (Å²) in [7, 11) is 2.17. The number of phenolic OH excluding ortho intramolecular Hbond substituents is 5. The van der Waals surface area contributed by atoms with E-state index >= 15 is 0 Å². The van der Waals surface area contributed by atoms with E-state index in [1.807, 2.05) is 84.9 Å². The van der Waals surface area contributed by atoms with Crippen molar-refractivity contribution in [2.45, 2.75) is 183 Å². The maximum Gasteiger partial charge on any atom is 0.165 e. The smallest absolute Gasteiger partial charge is 0.165 e. The predicted molar refractivity (Wildman–Crippen MR) is 502 cm³/mol. The molecule has 10 aromatic rings. The monoisotopic (exact) mass is 1700 g/mol. The fourth-order valence-electron chi connectivity index (χ4n) is 19.8. The predicted octanol–water partition coefficient (Wildman–Crippen LogP) is 16.3. The Labute approximate surface area is 744 Å². The summed E-state index contributed by atoms with van der Waals surface area (Å²) in [4.78, 5) is 77.0. The molecular formula is C102H130N18O6. The number of phenols is 5. The van der Waals surface area contributed by atoms with Gasteiger partial charge in [0.2, 0.25) is 0 Å². The molecule has 0 radical (unpaired) electrons. The maximum absolute atomic E-state index is 11.6. The number of rotatable bonds is 11. The molecule has 0 saturated carbocycles. The van der Waals surface area contributed by atoms with Crippen molar-refractivity contribution in [2.24, 2.45) is 47.2 Å². The fraction of sp³-hybridized carbons (Fsp3) is 0.500. The third-order valence-corrected chi connectivity index (χ3v) is 27.6. The Bertz CT molecular complexity index is 5310. The van der Waals surface area contributed by atoms with Crippen molar-refractivity contribution in [3.8, 4) is 85.7 Å². The van der Waals surface area contributed by atoms with Crippen LogP contribution in [-0.4, -0.2) is 196 Å². The van der Waals surface area contributed by atoms with E-state index in [-0.39, 0.29) is 28.7 Å². The first-order valence-electron chi connectivity index (χ1n) is 46.9. The van der Waals surface area contributed by atoms with Crippen LogP contribution in [0, 0.1) is 41.4 Å². The van der Waals surface area contributed by atoms with Crippen LogP contribution in [0.25, 0.3) is 56.9 Å². The van der Waals surface area contributed by atoms with E-state index in [0.717, 1.165) is 225 Å². The minimum Gasteiger partial charge on any atom is -0.507 e. The number of hydrogen-bond donors (Lipinski definition) is 6. The Morgan fingerprint density at radius 2 is 0.563 bits per heavy atom. The molecule has 0 amide bonds. The van der Waals surface area contributed by atoms with Gasteiger partial charge in [0, 0.05) is 139 Å². The number of ketones is 1. The second kappa shape index (κ2) is 40.4. The molecule has 0 spiro atoms. The number of aromatic nitrogens is 10. The van der Waals surface area contributed by atoms with Crippen molar-refractivity contribution < 1.29 is 30.3 Å². The van der Waals surface area contributed by atoms with Crippen LogP contribution in [0.4, 0.5) is 29.1 Å². The summed E-state index contributed by atoms with van der Waals surface area (Å²) < 4.78 is 0. The molecular weight excluding hydrogens is 1570 g/mol. The number of para-hydroxylation sites is 5. The Morgan fingerprint density at radius 1 is 0.294 bits per heavy atom. The van der Waals surface area contributed by atoms with Crippen LogP contribution >= 0.6 is 0 Å². The molecule has 7 N–H and O–H groups in total. The van der Waals surface area contributed by atoms with Crippen LogP contribution in [0.15, 0.2) is 121 Å². The lowest BCUT2D eigenvalue weighted by Gasteiger charge is -2.36. The molecule has 6 unspecified atom stereocenters. The van der Waals surface area contributed by atoms with Gasteiger partial charge < -0.3 is 60.7 Å². The number of carbonyl (C=O) groups excluding carboxylic acids is 1. The zero-order valence-electron chi connectivity index (χ0n) is 75.4. The largest absolute Gasteiger partial charge is 0.507 e. The number of piperidine rings is 3. The van der Waals surface area contributed by atoms with Crippen LogP contribution in [-0.2, 0) is 69.0 Å². The van der Waals surface area contributed by atoms with Gasteiger partial charge >= 0.3 is 0 Å². The van der Waals surface area contributed by atoms with Crippen molar-refractivity contribution in [1.29, 1.82) is 0 Å². The lowest BCUT2D eigenvalue weighted by atomic mass is 9.87. The van der Waals surface area contributed by atoms with Gasteiger partial charge in [-0.2, -0.15) is 0 Å². The number of likely N-dealkylation sites (N-methyl/N-ethyl adjacent to an activating group) is 1. The molecule has 10 aliphatic rings. The summed E-state index contributed by atoms with van der Waals surface area (Å²) in [6.45, 7) is 30.3. The average molecular weight is 1700 g/mol. The first kappa shape index (κ1) is 88.5. The van der Waals surface area contributed by atoms with Gasteiger partial charge in [-0.1, -0.05) is 109 Å². The third-order valence-electron chi connectivity index (χ3n) is 27.6. The minimum atomic E-state index is 0.200. The first-order chi connectivity index (χ1) is 61.1. The Kier molecular flexibility index (Phi) is 28.3. The molecule has 5 aliphatic heterocycles. The molecule has 10 heterocycles. The van der Waals surface area contributed by atoms with E-state index in [4.69, 9.17) is 55.6 Å². The zero-order chi connectivity index (χ0) is 87.6. The molecule has 5 aliphatic carbocycles. The SMILES string of the molecule is CC1CCN(c2nc(-c3ccccc3O)nc3c2CCC(C)C3)CC1.CC1CCc2c(nc(-c3ccccc3O)nc2N2CCC(=O)CC2)C1.CC1CCc2c(nc(-c3ccccc3O)nc2N2CCCC(C)C2)C1.CC1CCc2c(nc(-c3ccccc3O)nc2N2CCN(C)CC2)C1.CC1CCc2c(nc(-c3ccccc3O)nc2N2CCN(CN)CC2)C1. The average Bonchev–Trinajstić information content (AvgIpc) is 0.795. The van der Waals surface area contributed by atoms with Crippen LogP contribution in [0.3, 0.4) is 0 Å². The first-order valence-corrected chi connectivity index (χ1v) is 46.9. The number of aromatic hydroxyl groups is 5. The molecule has 664 valence electrons. The zero-order valence-corrected chi connectivity index (χ0v) is 75.4. The van der Waals surface area contributed by atoms with Crippen LogP contribution in [0.5, 0.6) is 28.7 Å². The molecule has 5 fully saturated rings. The number of carbonyl (C=O) groups is 1. The highest BCUT2D eigenvalue weighted by Crippen LogP contribution is 2.43. The molecule has 5 saturated heterocycles. The number of hydrogen-bond acceptors (Lipinski definition) is 24. The summed E-state index contributed by atoms with van der Waals surface area (Å²) in [5, 5.41) is 51.3. The third kappa shape index (κ3) is 20.8. The summed E-state index contributed by atoms with van der Waals surface area (Å²) in [6, 6.07) is 36.7. The Morgan fingerprint density at radius 3 is 0.849 bits per heavy atom. The summed E-state index contributed by atoms with van der Waals surface area (Å²) >= 11 is 0. The summed E-state index contributed by atoms with van der Waals surface area (Å²) in [5.41, 5.74) is 21.6. The number of fused-ring (bicyclic) bond motifs is 5. The number of nitrogens with two attached hydrogens (primary N) is 1. The molecule has 6 atom stereocenters. The molecule has 0 bridgehead atoms. The Hall–Kier alpha value is -10.9. The number of anilines is 5.